The van der Waals surface area contributed by atoms with Crippen LogP contribution in [0.15, 0.2) is 24.3 Å². The molecule has 0 spiro atoms. The van der Waals surface area contributed by atoms with E-state index in [9.17, 15) is 4.21 Å². The van der Waals surface area contributed by atoms with Crippen LogP contribution >= 0.6 is 0 Å². The summed E-state index contributed by atoms with van der Waals surface area (Å²) in [5.74, 6) is 0. The maximum absolute atomic E-state index is 10.8. The van der Waals surface area contributed by atoms with Gasteiger partial charge in [0.2, 0.25) is 11.3 Å². The topological polar surface area (TPSA) is 40.5 Å². The Morgan fingerprint density at radius 3 is 2.69 bits per heavy atom. The fourth-order valence-corrected chi connectivity index (χ4v) is 2.10. The molecular weight excluding hydrogens is 186 g/mol. The molecule has 1 aromatic rings. The molecule has 1 unspecified atom stereocenters. The van der Waals surface area contributed by atoms with E-state index in [4.69, 9.17) is 4.55 Å². The quantitative estimate of drug-likeness (QED) is 0.687. The average molecular weight is 197 g/mol. The van der Waals surface area contributed by atoms with Crippen molar-refractivity contribution in [2.24, 2.45) is 0 Å². The van der Waals surface area contributed by atoms with Gasteiger partial charge >= 0.3 is 0 Å². The molecule has 0 amide bonds. The molecule has 4 heteroatoms. The van der Waals surface area contributed by atoms with Crippen molar-refractivity contribution in [3.05, 3.63) is 35.4 Å². The molecule has 0 saturated carbocycles. The highest BCUT2D eigenvalue weighted by Gasteiger charge is 2.18. The number of rotatable bonds is 1. The number of hydrogen-bond donors (Lipinski definition) is 1. The molecule has 1 N–H and O–H groups in total. The molecule has 1 heterocycles. The number of fused-ring (bicyclic) bond motifs is 1. The van der Waals surface area contributed by atoms with Crippen LogP contribution in [0.2, 0.25) is 0 Å². The first kappa shape index (κ1) is 8.87. The van der Waals surface area contributed by atoms with Gasteiger partial charge in [-0.2, -0.15) is 4.31 Å². The Labute approximate surface area is 79.8 Å². The van der Waals surface area contributed by atoms with Crippen molar-refractivity contribution in [2.45, 2.75) is 13.0 Å². The van der Waals surface area contributed by atoms with Crippen LogP contribution in [0.1, 0.15) is 11.1 Å². The molecule has 1 aromatic carbocycles. The minimum Gasteiger partial charge on any atom is -0.294 e. The zero-order valence-electron chi connectivity index (χ0n) is 7.14. The molecule has 0 bridgehead atoms. The van der Waals surface area contributed by atoms with Crippen LogP contribution in [0.3, 0.4) is 0 Å². The summed E-state index contributed by atoms with van der Waals surface area (Å²) < 4.78 is 21.3. The van der Waals surface area contributed by atoms with Gasteiger partial charge in [-0.05, 0) is 17.5 Å². The highest BCUT2D eigenvalue weighted by atomic mass is 32.2. The van der Waals surface area contributed by atoms with Gasteiger partial charge in [-0.25, -0.2) is 4.21 Å². The van der Waals surface area contributed by atoms with Gasteiger partial charge in [-0.15, -0.1) is 0 Å². The monoisotopic (exact) mass is 197 g/mol. The predicted octanol–water partition coefficient (Wildman–Crippen LogP) is 1.18. The lowest BCUT2D eigenvalue weighted by atomic mass is 10.0. The summed E-state index contributed by atoms with van der Waals surface area (Å²) in [6, 6.07) is 8.05. The molecule has 1 aliphatic heterocycles. The standard InChI is InChI=1S/C9H11NO2S/c11-13(12)10-6-5-8-3-1-2-4-9(8)7-10/h1-4H,5-7H2,(H,11,12). The Morgan fingerprint density at radius 1 is 1.31 bits per heavy atom. The molecular formula is C9H11NO2S. The maximum atomic E-state index is 10.8. The zero-order chi connectivity index (χ0) is 9.26. The van der Waals surface area contributed by atoms with E-state index in [1.165, 1.54) is 5.56 Å². The lowest BCUT2D eigenvalue weighted by molar-refractivity contribution is 0.378. The van der Waals surface area contributed by atoms with E-state index in [2.05, 4.69) is 6.07 Å². The van der Waals surface area contributed by atoms with Crippen LogP contribution in [0.5, 0.6) is 0 Å². The van der Waals surface area contributed by atoms with Gasteiger partial charge in [-0.3, -0.25) is 4.55 Å². The smallest absolute Gasteiger partial charge is 0.234 e. The molecule has 0 radical (unpaired) electrons. The minimum atomic E-state index is -1.83. The van der Waals surface area contributed by atoms with Gasteiger partial charge in [0, 0.05) is 13.1 Å². The molecule has 70 valence electrons. The summed E-state index contributed by atoms with van der Waals surface area (Å²) in [5, 5.41) is 0. The predicted molar refractivity (Wildman–Crippen MR) is 51.3 cm³/mol. The molecule has 0 saturated heterocycles. The van der Waals surface area contributed by atoms with Crippen molar-refractivity contribution in [1.29, 1.82) is 0 Å². The van der Waals surface area contributed by atoms with Crippen LogP contribution in [-0.2, 0) is 24.2 Å². The minimum absolute atomic E-state index is 0.583. The first-order valence-electron chi connectivity index (χ1n) is 4.20. The van der Waals surface area contributed by atoms with Gasteiger partial charge < -0.3 is 0 Å². The molecule has 3 nitrogen and oxygen atoms in total. The van der Waals surface area contributed by atoms with Crippen molar-refractivity contribution in [3.8, 4) is 0 Å². The zero-order valence-corrected chi connectivity index (χ0v) is 7.96. The average Bonchev–Trinajstić information content (AvgIpc) is 2.17. The van der Waals surface area contributed by atoms with Crippen LogP contribution in [0, 0.1) is 0 Å². The number of hydrogen-bond acceptors (Lipinski definition) is 1. The second-order valence-corrected chi connectivity index (χ2v) is 4.09. The van der Waals surface area contributed by atoms with Gasteiger partial charge in [-0.1, -0.05) is 24.3 Å². The van der Waals surface area contributed by atoms with Gasteiger partial charge in [0.05, 0.1) is 0 Å². The van der Waals surface area contributed by atoms with Crippen molar-refractivity contribution in [1.82, 2.24) is 4.31 Å². The van der Waals surface area contributed by atoms with Gasteiger partial charge in [0.15, 0.2) is 0 Å². The van der Waals surface area contributed by atoms with E-state index in [-0.39, 0.29) is 0 Å². The second-order valence-electron chi connectivity index (χ2n) is 3.11. The Balaban J connectivity index is 2.24. The maximum Gasteiger partial charge on any atom is 0.234 e. The molecule has 1 aliphatic rings. The molecule has 1 atom stereocenters. The third-order valence-electron chi connectivity index (χ3n) is 2.32. The SMILES string of the molecule is O=S(O)N1CCc2ccccc2C1. The summed E-state index contributed by atoms with van der Waals surface area (Å²) in [7, 11) is 0. The fraction of sp³-hybridized carbons (Fsp3) is 0.333. The summed E-state index contributed by atoms with van der Waals surface area (Å²) in [6.45, 7) is 1.25. The summed E-state index contributed by atoms with van der Waals surface area (Å²) >= 11 is -1.83. The van der Waals surface area contributed by atoms with E-state index >= 15 is 0 Å². The summed E-state index contributed by atoms with van der Waals surface area (Å²) in [6.07, 6.45) is 0.864. The molecule has 2 rings (SSSR count). The van der Waals surface area contributed by atoms with E-state index in [1.54, 1.807) is 4.31 Å². The lowest BCUT2D eigenvalue weighted by Gasteiger charge is -2.24. The van der Waals surface area contributed by atoms with E-state index < -0.39 is 11.3 Å². The third-order valence-corrected chi connectivity index (χ3v) is 3.07. The third kappa shape index (κ3) is 1.80. The molecule has 0 aromatic heterocycles. The lowest BCUT2D eigenvalue weighted by Crippen LogP contribution is -2.31. The van der Waals surface area contributed by atoms with E-state index in [0.29, 0.717) is 13.1 Å². The molecule has 13 heavy (non-hydrogen) atoms. The van der Waals surface area contributed by atoms with Crippen molar-refractivity contribution >= 4 is 11.3 Å². The van der Waals surface area contributed by atoms with Crippen LogP contribution in [-0.4, -0.2) is 19.6 Å². The van der Waals surface area contributed by atoms with E-state index in [1.807, 2.05) is 18.2 Å². The van der Waals surface area contributed by atoms with Crippen molar-refractivity contribution in [2.75, 3.05) is 6.54 Å². The van der Waals surface area contributed by atoms with Crippen LogP contribution in [0.25, 0.3) is 0 Å². The summed E-state index contributed by atoms with van der Waals surface area (Å²) in [4.78, 5) is 0. The Bertz CT molecular complexity index is 340. The Morgan fingerprint density at radius 2 is 2.00 bits per heavy atom. The molecule has 0 fully saturated rings. The molecule has 0 aliphatic carbocycles. The van der Waals surface area contributed by atoms with Crippen LogP contribution in [0.4, 0.5) is 0 Å². The highest BCUT2D eigenvalue weighted by Crippen LogP contribution is 2.18. The van der Waals surface area contributed by atoms with Gasteiger partial charge in [0.1, 0.15) is 0 Å². The normalized spacial score (nSPS) is 19.5. The largest absolute Gasteiger partial charge is 0.294 e. The van der Waals surface area contributed by atoms with Gasteiger partial charge in [0.25, 0.3) is 0 Å². The highest BCUT2D eigenvalue weighted by molar-refractivity contribution is 7.76. The second kappa shape index (κ2) is 3.57. The van der Waals surface area contributed by atoms with E-state index in [0.717, 1.165) is 12.0 Å². The Kier molecular flexibility index (Phi) is 2.44. The Hall–Kier alpha value is -0.710. The fourth-order valence-electron chi connectivity index (χ4n) is 1.60. The van der Waals surface area contributed by atoms with Crippen LogP contribution < -0.4 is 0 Å². The number of benzene rings is 1. The summed E-state index contributed by atoms with van der Waals surface area (Å²) in [5.41, 5.74) is 2.46. The first-order chi connectivity index (χ1) is 6.27. The van der Waals surface area contributed by atoms with Crippen molar-refractivity contribution < 1.29 is 8.76 Å². The first-order valence-corrected chi connectivity index (χ1v) is 5.26. The number of nitrogens with zero attached hydrogens (tertiary/aromatic N) is 1. The van der Waals surface area contributed by atoms with Crippen molar-refractivity contribution in [3.63, 3.8) is 0 Å².